The van der Waals surface area contributed by atoms with Gasteiger partial charge in [-0.2, -0.15) is 0 Å². The fourth-order valence-electron chi connectivity index (χ4n) is 4.25. The van der Waals surface area contributed by atoms with Gasteiger partial charge < -0.3 is 15.8 Å². The Kier molecular flexibility index (Phi) is 7.78. The number of aliphatic imine (C=N–C) groups is 1. The number of amidine groups is 1. The van der Waals surface area contributed by atoms with Gasteiger partial charge in [-0.05, 0) is 31.5 Å². The van der Waals surface area contributed by atoms with E-state index in [1.807, 2.05) is 72.8 Å². The molecule has 1 aromatic heterocycles. The van der Waals surface area contributed by atoms with Crippen LogP contribution in [0.4, 0.5) is 0 Å². The van der Waals surface area contributed by atoms with Gasteiger partial charge in [-0.3, -0.25) is 4.99 Å². The summed E-state index contributed by atoms with van der Waals surface area (Å²) in [5.41, 5.74) is 10.9. The van der Waals surface area contributed by atoms with E-state index in [2.05, 4.69) is 38.2 Å². The number of fused-ring (bicyclic) bond motifs is 1. The second-order valence-corrected chi connectivity index (χ2v) is 8.74. The van der Waals surface area contributed by atoms with Gasteiger partial charge in [0, 0.05) is 17.5 Å². The third-order valence-electron chi connectivity index (χ3n) is 6.38. The number of benzene rings is 3. The summed E-state index contributed by atoms with van der Waals surface area (Å²) in [7, 11) is 0. The maximum absolute atomic E-state index is 6.86. The number of aromatic nitrogens is 1. The number of nitrogens with one attached hydrogen (secondary N) is 1. The fourth-order valence-corrected chi connectivity index (χ4v) is 4.25. The molecular weight excluding hydrogens is 432 g/mol. The molecule has 0 spiro atoms. The SMILES string of the molecule is CCNCCOc1c(-c2ccccc2)nc2ccccc2c1C(N)=NC(C)(CC)c1ccccc1. The molecule has 0 saturated heterocycles. The van der Waals surface area contributed by atoms with E-state index >= 15 is 0 Å². The minimum Gasteiger partial charge on any atom is -0.489 e. The number of rotatable bonds is 10. The third-order valence-corrected chi connectivity index (χ3v) is 6.38. The van der Waals surface area contributed by atoms with Crippen molar-refractivity contribution in [1.82, 2.24) is 10.3 Å². The molecule has 35 heavy (non-hydrogen) atoms. The van der Waals surface area contributed by atoms with Gasteiger partial charge in [0.05, 0.1) is 16.6 Å². The van der Waals surface area contributed by atoms with E-state index in [0.29, 0.717) is 18.2 Å². The van der Waals surface area contributed by atoms with Gasteiger partial charge in [-0.25, -0.2) is 4.98 Å². The summed E-state index contributed by atoms with van der Waals surface area (Å²) in [6, 6.07) is 28.5. The highest BCUT2D eigenvalue weighted by Crippen LogP contribution is 2.38. The zero-order valence-corrected chi connectivity index (χ0v) is 20.8. The first-order valence-electron chi connectivity index (χ1n) is 12.3. The lowest BCUT2D eigenvalue weighted by atomic mass is 9.89. The van der Waals surface area contributed by atoms with Crippen LogP contribution in [0.25, 0.3) is 22.2 Å². The second-order valence-electron chi connectivity index (χ2n) is 8.74. The molecule has 180 valence electrons. The Balaban J connectivity index is 1.94. The van der Waals surface area contributed by atoms with Crippen molar-refractivity contribution < 1.29 is 4.74 Å². The van der Waals surface area contributed by atoms with Gasteiger partial charge in [0.1, 0.15) is 18.1 Å². The van der Waals surface area contributed by atoms with Crippen LogP contribution in [0.5, 0.6) is 5.75 Å². The Labute approximate surface area is 208 Å². The zero-order chi connectivity index (χ0) is 24.7. The molecule has 0 fully saturated rings. The summed E-state index contributed by atoms with van der Waals surface area (Å²) in [5, 5.41) is 4.25. The van der Waals surface area contributed by atoms with E-state index in [-0.39, 0.29) is 0 Å². The summed E-state index contributed by atoms with van der Waals surface area (Å²) in [5.74, 6) is 1.12. The topological polar surface area (TPSA) is 72.5 Å². The van der Waals surface area contributed by atoms with Crippen molar-refractivity contribution in [2.24, 2.45) is 10.7 Å². The molecule has 0 aliphatic heterocycles. The number of nitrogens with zero attached hydrogens (tertiary/aromatic N) is 2. The monoisotopic (exact) mass is 466 g/mol. The Hall–Kier alpha value is -3.70. The molecule has 0 amide bonds. The second kappa shape index (κ2) is 11.2. The van der Waals surface area contributed by atoms with Crippen molar-refractivity contribution in [2.75, 3.05) is 19.7 Å². The van der Waals surface area contributed by atoms with Crippen LogP contribution in [0.2, 0.25) is 0 Å². The maximum atomic E-state index is 6.86. The number of nitrogens with two attached hydrogens (primary N) is 1. The number of para-hydroxylation sites is 1. The summed E-state index contributed by atoms with van der Waals surface area (Å²) in [6.45, 7) is 8.45. The molecule has 0 saturated carbocycles. The van der Waals surface area contributed by atoms with Crippen molar-refractivity contribution in [1.29, 1.82) is 0 Å². The molecular formula is C30H34N4O. The highest BCUT2D eigenvalue weighted by molar-refractivity contribution is 6.12. The average molecular weight is 467 g/mol. The van der Waals surface area contributed by atoms with Crippen LogP contribution in [-0.2, 0) is 5.54 Å². The van der Waals surface area contributed by atoms with Crippen molar-refractivity contribution in [3.05, 3.63) is 96.1 Å². The number of pyridine rings is 1. The summed E-state index contributed by atoms with van der Waals surface area (Å²) >= 11 is 0. The zero-order valence-electron chi connectivity index (χ0n) is 20.8. The predicted octanol–water partition coefficient (Wildman–Crippen LogP) is 5.92. The standard InChI is InChI=1S/C30H34N4O/c1-4-30(3,23-16-10-7-11-17-23)34-29(31)26-24-18-12-13-19-25(24)33-27(22-14-8-6-9-15-22)28(26)35-21-20-32-5-2/h6-19,32H,4-5,20-21H2,1-3H3,(H2,31,34). The molecule has 0 aliphatic rings. The molecule has 3 N–H and O–H groups in total. The molecule has 5 heteroatoms. The smallest absolute Gasteiger partial charge is 0.157 e. The molecule has 1 unspecified atom stereocenters. The van der Waals surface area contributed by atoms with Gasteiger partial charge in [0.2, 0.25) is 0 Å². The van der Waals surface area contributed by atoms with Crippen molar-refractivity contribution >= 4 is 16.7 Å². The quantitative estimate of drug-likeness (QED) is 0.173. The summed E-state index contributed by atoms with van der Waals surface area (Å²) in [4.78, 5) is 10.1. The lowest BCUT2D eigenvalue weighted by Crippen LogP contribution is -2.26. The first-order valence-corrected chi connectivity index (χ1v) is 12.3. The van der Waals surface area contributed by atoms with Gasteiger partial charge in [-0.1, -0.05) is 92.7 Å². The molecule has 3 aromatic carbocycles. The molecule has 1 heterocycles. The molecule has 1 atom stereocenters. The number of likely N-dealkylation sites (N-methyl/N-ethyl adjacent to an activating group) is 1. The van der Waals surface area contributed by atoms with Gasteiger partial charge >= 0.3 is 0 Å². The summed E-state index contributed by atoms with van der Waals surface area (Å²) < 4.78 is 6.42. The van der Waals surface area contributed by atoms with Crippen LogP contribution >= 0.6 is 0 Å². The Morgan fingerprint density at radius 1 is 0.943 bits per heavy atom. The highest BCUT2D eigenvalue weighted by atomic mass is 16.5. The van der Waals surface area contributed by atoms with Crippen molar-refractivity contribution in [2.45, 2.75) is 32.7 Å². The minimum atomic E-state index is -0.469. The number of hydrogen-bond acceptors (Lipinski definition) is 4. The number of ether oxygens (including phenoxy) is 1. The van der Waals surface area contributed by atoms with E-state index in [1.165, 1.54) is 0 Å². The molecule has 5 nitrogen and oxygen atoms in total. The van der Waals surface area contributed by atoms with Gasteiger partial charge in [0.25, 0.3) is 0 Å². The predicted molar refractivity (Wildman–Crippen MR) is 146 cm³/mol. The molecule has 0 aliphatic carbocycles. The Morgan fingerprint density at radius 2 is 1.60 bits per heavy atom. The lowest BCUT2D eigenvalue weighted by molar-refractivity contribution is 0.315. The molecule has 4 aromatic rings. The summed E-state index contributed by atoms with van der Waals surface area (Å²) in [6.07, 6.45) is 0.808. The molecule has 4 rings (SSSR count). The maximum Gasteiger partial charge on any atom is 0.157 e. The van der Waals surface area contributed by atoms with E-state index in [1.54, 1.807) is 0 Å². The van der Waals surface area contributed by atoms with Crippen LogP contribution in [0, 0.1) is 0 Å². The molecule has 0 bridgehead atoms. The van der Waals surface area contributed by atoms with Crippen LogP contribution in [0.3, 0.4) is 0 Å². The van der Waals surface area contributed by atoms with Gasteiger partial charge in [-0.15, -0.1) is 0 Å². The van der Waals surface area contributed by atoms with Crippen LogP contribution in [-0.4, -0.2) is 30.5 Å². The number of hydrogen-bond donors (Lipinski definition) is 2. The third kappa shape index (κ3) is 5.36. The molecule has 0 radical (unpaired) electrons. The first kappa shape index (κ1) is 24.4. The first-order chi connectivity index (χ1) is 17.1. The average Bonchev–Trinajstić information content (AvgIpc) is 2.91. The van der Waals surface area contributed by atoms with Gasteiger partial charge in [0.15, 0.2) is 5.75 Å². The van der Waals surface area contributed by atoms with E-state index in [9.17, 15) is 0 Å². The van der Waals surface area contributed by atoms with E-state index in [4.69, 9.17) is 20.4 Å². The normalized spacial score (nSPS) is 13.5. The fraction of sp³-hybridized carbons (Fsp3) is 0.267. The van der Waals surface area contributed by atoms with E-state index in [0.717, 1.165) is 52.8 Å². The highest BCUT2D eigenvalue weighted by Gasteiger charge is 2.27. The van der Waals surface area contributed by atoms with E-state index < -0.39 is 5.54 Å². The van der Waals surface area contributed by atoms with Crippen molar-refractivity contribution in [3.63, 3.8) is 0 Å². The van der Waals surface area contributed by atoms with Crippen LogP contribution in [0.1, 0.15) is 38.3 Å². The lowest BCUT2D eigenvalue weighted by Gasteiger charge is -2.26. The van der Waals surface area contributed by atoms with Crippen molar-refractivity contribution in [3.8, 4) is 17.0 Å². The van der Waals surface area contributed by atoms with Crippen LogP contribution in [0.15, 0.2) is 89.9 Å². The minimum absolute atomic E-state index is 0.451. The Bertz CT molecular complexity index is 1290. The Morgan fingerprint density at radius 3 is 2.29 bits per heavy atom. The largest absolute Gasteiger partial charge is 0.489 e. The van der Waals surface area contributed by atoms with Crippen LogP contribution < -0.4 is 15.8 Å².